The first kappa shape index (κ1) is 13.5. The van der Waals surface area contributed by atoms with Crippen molar-refractivity contribution >= 4 is 11.8 Å². The van der Waals surface area contributed by atoms with Crippen LogP contribution in [0, 0.1) is 0 Å². The van der Waals surface area contributed by atoms with Gasteiger partial charge in [0, 0.05) is 18.8 Å². The van der Waals surface area contributed by atoms with Crippen molar-refractivity contribution in [3.05, 3.63) is 6.33 Å². The molecule has 0 saturated carbocycles. The molecule has 0 saturated heterocycles. The maximum absolute atomic E-state index is 4.20. The number of hydrogen-bond acceptors (Lipinski definition) is 4. The molecule has 1 unspecified atom stereocenters. The lowest BCUT2D eigenvalue weighted by atomic mass is 10.2. The lowest BCUT2D eigenvalue weighted by Gasteiger charge is -2.11. The summed E-state index contributed by atoms with van der Waals surface area (Å²) in [7, 11) is 1.93. The number of thioether (sulfide) groups is 1. The number of aromatic nitrogens is 3. The van der Waals surface area contributed by atoms with E-state index in [9.17, 15) is 0 Å². The Morgan fingerprint density at radius 3 is 2.94 bits per heavy atom. The van der Waals surface area contributed by atoms with Gasteiger partial charge >= 0.3 is 0 Å². The molecule has 0 aliphatic carbocycles. The average molecular weight is 242 g/mol. The Kier molecular flexibility index (Phi) is 6.49. The summed E-state index contributed by atoms with van der Waals surface area (Å²) in [6.45, 7) is 6.59. The van der Waals surface area contributed by atoms with Crippen LogP contribution < -0.4 is 5.32 Å². The van der Waals surface area contributed by atoms with Crippen molar-refractivity contribution in [3.8, 4) is 0 Å². The van der Waals surface area contributed by atoms with E-state index >= 15 is 0 Å². The Morgan fingerprint density at radius 1 is 1.50 bits per heavy atom. The maximum atomic E-state index is 4.20. The minimum Gasteiger partial charge on any atom is -0.316 e. The number of aryl methyl sites for hydroxylation is 1. The first-order chi connectivity index (χ1) is 7.74. The third-order valence-corrected chi connectivity index (χ3v) is 3.51. The smallest absolute Gasteiger partial charge is 0.186 e. The van der Waals surface area contributed by atoms with Crippen LogP contribution in [-0.2, 0) is 7.05 Å². The van der Waals surface area contributed by atoms with Crippen LogP contribution >= 0.6 is 11.8 Å². The van der Waals surface area contributed by atoms with Gasteiger partial charge in [-0.1, -0.05) is 38.5 Å². The molecule has 1 heterocycles. The zero-order chi connectivity index (χ0) is 11.8. The monoisotopic (exact) mass is 242 g/mol. The highest BCUT2D eigenvalue weighted by Gasteiger charge is 2.07. The normalized spacial score (nSPS) is 12.9. The fraction of sp³-hybridized carbons (Fsp3) is 0.818. The average Bonchev–Trinajstić information content (AvgIpc) is 2.64. The van der Waals surface area contributed by atoms with Crippen molar-refractivity contribution < 1.29 is 0 Å². The Morgan fingerprint density at radius 2 is 2.31 bits per heavy atom. The van der Waals surface area contributed by atoms with Gasteiger partial charge in [0.2, 0.25) is 0 Å². The van der Waals surface area contributed by atoms with Crippen molar-refractivity contribution in [3.63, 3.8) is 0 Å². The van der Waals surface area contributed by atoms with Crippen molar-refractivity contribution in [2.75, 3.05) is 13.1 Å². The van der Waals surface area contributed by atoms with Crippen LogP contribution in [0.4, 0.5) is 0 Å². The Balaban J connectivity index is 2.11. The van der Waals surface area contributed by atoms with E-state index in [0.29, 0.717) is 5.25 Å². The molecule has 1 atom stereocenters. The van der Waals surface area contributed by atoms with Gasteiger partial charge in [-0.05, 0) is 13.0 Å². The zero-order valence-electron chi connectivity index (χ0n) is 10.4. The Bertz CT molecular complexity index is 287. The molecule has 0 fully saturated rings. The first-order valence-corrected chi connectivity index (χ1v) is 6.83. The van der Waals surface area contributed by atoms with E-state index in [1.54, 1.807) is 18.1 Å². The van der Waals surface area contributed by atoms with Gasteiger partial charge in [0.15, 0.2) is 5.16 Å². The predicted molar refractivity (Wildman–Crippen MR) is 68.7 cm³/mol. The molecule has 1 rings (SSSR count). The van der Waals surface area contributed by atoms with Gasteiger partial charge in [0.25, 0.3) is 0 Å². The topological polar surface area (TPSA) is 42.7 Å². The molecule has 0 amide bonds. The van der Waals surface area contributed by atoms with Gasteiger partial charge in [-0.3, -0.25) is 0 Å². The highest BCUT2D eigenvalue weighted by Crippen LogP contribution is 2.18. The van der Waals surface area contributed by atoms with E-state index < -0.39 is 0 Å². The van der Waals surface area contributed by atoms with E-state index in [4.69, 9.17) is 0 Å². The van der Waals surface area contributed by atoms with Crippen molar-refractivity contribution in [2.24, 2.45) is 7.05 Å². The van der Waals surface area contributed by atoms with Gasteiger partial charge < -0.3 is 5.32 Å². The number of nitrogens with one attached hydrogen (secondary N) is 1. The predicted octanol–water partition coefficient (Wildman–Crippen LogP) is 2.08. The van der Waals surface area contributed by atoms with E-state index in [-0.39, 0.29) is 0 Å². The number of hydrogen-bond donors (Lipinski definition) is 1. The molecule has 4 nitrogen and oxygen atoms in total. The summed E-state index contributed by atoms with van der Waals surface area (Å²) < 4.78 is 1.82. The van der Waals surface area contributed by atoms with Crippen LogP contribution in [0.15, 0.2) is 11.5 Å². The lowest BCUT2D eigenvalue weighted by molar-refractivity contribution is 0.613. The van der Waals surface area contributed by atoms with Gasteiger partial charge in [-0.2, -0.15) is 5.10 Å². The summed E-state index contributed by atoms with van der Waals surface area (Å²) in [4.78, 5) is 4.20. The van der Waals surface area contributed by atoms with Crippen LogP contribution in [0.1, 0.15) is 33.1 Å². The van der Waals surface area contributed by atoms with Gasteiger partial charge in [-0.25, -0.2) is 9.67 Å². The molecule has 0 aliphatic rings. The number of unbranched alkanes of at least 4 members (excludes halogenated alkanes) is 2. The third kappa shape index (κ3) is 4.99. The summed E-state index contributed by atoms with van der Waals surface area (Å²) in [5.74, 6) is 0. The molecule has 0 aliphatic heterocycles. The lowest BCUT2D eigenvalue weighted by Crippen LogP contribution is -2.24. The van der Waals surface area contributed by atoms with E-state index in [1.807, 2.05) is 11.7 Å². The molecule has 92 valence electrons. The van der Waals surface area contributed by atoms with Crippen molar-refractivity contribution in [2.45, 2.75) is 43.5 Å². The molecule has 0 radical (unpaired) electrons. The first-order valence-electron chi connectivity index (χ1n) is 5.95. The molecule has 16 heavy (non-hydrogen) atoms. The number of rotatable bonds is 8. The molecular weight excluding hydrogens is 220 g/mol. The fourth-order valence-electron chi connectivity index (χ4n) is 1.42. The van der Waals surface area contributed by atoms with Gasteiger partial charge in [0.05, 0.1) is 0 Å². The zero-order valence-corrected chi connectivity index (χ0v) is 11.3. The van der Waals surface area contributed by atoms with E-state index in [1.165, 1.54) is 19.3 Å². The molecule has 5 heteroatoms. The number of nitrogens with zero attached hydrogens (tertiary/aromatic N) is 3. The minimum absolute atomic E-state index is 0.532. The SMILES string of the molecule is CCCCCNCC(C)Sc1ncnn1C. The van der Waals surface area contributed by atoms with Crippen LogP contribution in [0.2, 0.25) is 0 Å². The summed E-state index contributed by atoms with van der Waals surface area (Å²) in [5, 5.41) is 9.05. The quantitative estimate of drug-likeness (QED) is 0.560. The largest absolute Gasteiger partial charge is 0.316 e. The second-order valence-electron chi connectivity index (χ2n) is 4.01. The summed E-state index contributed by atoms with van der Waals surface area (Å²) in [6, 6.07) is 0. The molecule has 0 bridgehead atoms. The standard InChI is InChI=1S/C11H22N4S/c1-4-5-6-7-12-8-10(2)16-11-13-9-14-15(11)3/h9-10,12H,4-8H2,1-3H3. The van der Waals surface area contributed by atoms with Crippen LogP contribution in [0.3, 0.4) is 0 Å². The Hall–Kier alpha value is -0.550. The molecule has 1 aromatic heterocycles. The highest BCUT2D eigenvalue weighted by atomic mass is 32.2. The molecular formula is C11H22N4S. The van der Waals surface area contributed by atoms with Crippen LogP contribution in [0.25, 0.3) is 0 Å². The molecule has 0 spiro atoms. The minimum atomic E-state index is 0.532. The highest BCUT2D eigenvalue weighted by molar-refractivity contribution is 7.99. The summed E-state index contributed by atoms with van der Waals surface area (Å²) >= 11 is 1.77. The van der Waals surface area contributed by atoms with Crippen LogP contribution in [-0.4, -0.2) is 33.1 Å². The van der Waals surface area contributed by atoms with Crippen molar-refractivity contribution in [1.29, 1.82) is 0 Å². The van der Waals surface area contributed by atoms with E-state index in [2.05, 4.69) is 29.2 Å². The second kappa shape index (κ2) is 7.68. The van der Waals surface area contributed by atoms with Crippen molar-refractivity contribution in [1.82, 2.24) is 20.1 Å². The third-order valence-electron chi connectivity index (χ3n) is 2.37. The molecule has 0 aromatic carbocycles. The van der Waals surface area contributed by atoms with Gasteiger partial charge in [-0.15, -0.1) is 0 Å². The fourth-order valence-corrected chi connectivity index (χ4v) is 2.29. The molecule has 1 aromatic rings. The van der Waals surface area contributed by atoms with Gasteiger partial charge in [0.1, 0.15) is 6.33 Å². The summed E-state index contributed by atoms with van der Waals surface area (Å²) in [6.07, 6.45) is 5.48. The Labute approximate surface area is 102 Å². The second-order valence-corrected chi connectivity index (χ2v) is 5.41. The van der Waals surface area contributed by atoms with E-state index in [0.717, 1.165) is 18.2 Å². The van der Waals surface area contributed by atoms with Crippen LogP contribution in [0.5, 0.6) is 0 Å². The maximum Gasteiger partial charge on any atom is 0.186 e. The molecule has 1 N–H and O–H groups in total. The summed E-state index contributed by atoms with van der Waals surface area (Å²) in [5.41, 5.74) is 0.